The van der Waals surface area contributed by atoms with Crippen LogP contribution in [0.3, 0.4) is 0 Å². The van der Waals surface area contributed by atoms with Crippen LogP contribution in [-0.4, -0.2) is 74.5 Å². The lowest BCUT2D eigenvalue weighted by Crippen LogP contribution is -2.48. The van der Waals surface area contributed by atoms with E-state index in [1.54, 1.807) is 12.0 Å². The molecule has 1 aromatic carbocycles. The number of nitrogens with zero attached hydrogens (tertiary/aromatic N) is 6. The summed E-state index contributed by atoms with van der Waals surface area (Å²) in [4.78, 5) is 19.6. The Hall–Kier alpha value is -3.60. The Morgan fingerprint density at radius 1 is 0.861 bits per heavy atom. The van der Waals surface area contributed by atoms with Gasteiger partial charge in [-0.1, -0.05) is 0 Å². The zero-order chi connectivity index (χ0) is 25.1. The number of alkyl halides is 3. The van der Waals surface area contributed by atoms with Crippen LogP contribution in [0, 0.1) is 0 Å². The van der Waals surface area contributed by atoms with Crippen molar-refractivity contribution in [3.05, 3.63) is 54.2 Å². The summed E-state index contributed by atoms with van der Waals surface area (Å²) < 4.78 is 51.3. The van der Waals surface area contributed by atoms with Gasteiger partial charge < -0.3 is 24.2 Å². The van der Waals surface area contributed by atoms with Crippen molar-refractivity contribution < 1.29 is 22.6 Å². The van der Waals surface area contributed by atoms with Gasteiger partial charge in [-0.05, 0) is 36.4 Å². The largest absolute Gasteiger partial charge is 0.497 e. The van der Waals surface area contributed by atoms with Crippen molar-refractivity contribution in [2.75, 3.05) is 74.3 Å². The lowest BCUT2D eigenvalue weighted by molar-refractivity contribution is -0.137. The van der Waals surface area contributed by atoms with Crippen molar-refractivity contribution in [2.45, 2.75) is 6.18 Å². The fraction of sp³-hybridized carbons (Fsp3) is 0.400. The molecular weight excluding hydrogens is 473 g/mol. The Labute approximate surface area is 207 Å². The summed E-state index contributed by atoms with van der Waals surface area (Å²) in [7, 11) is 1.62. The molecule has 11 heteroatoms. The third-order valence-corrected chi connectivity index (χ3v) is 6.38. The third kappa shape index (κ3) is 5.15. The molecule has 0 saturated carbocycles. The number of hydrogen-bond acceptors (Lipinski definition) is 8. The minimum atomic E-state index is -4.45. The fourth-order valence-corrected chi connectivity index (χ4v) is 4.42. The zero-order valence-corrected chi connectivity index (χ0v) is 19.9. The van der Waals surface area contributed by atoms with Crippen LogP contribution in [0.5, 0.6) is 5.75 Å². The molecule has 0 aliphatic carbocycles. The maximum absolute atomic E-state index is 13.5. The highest BCUT2D eigenvalue weighted by Gasteiger charge is 2.36. The normalized spacial score (nSPS) is 16.8. The Morgan fingerprint density at radius 2 is 1.56 bits per heavy atom. The van der Waals surface area contributed by atoms with Crippen molar-refractivity contribution >= 4 is 17.6 Å². The van der Waals surface area contributed by atoms with E-state index < -0.39 is 11.7 Å². The Kier molecular flexibility index (Phi) is 6.82. The second kappa shape index (κ2) is 10.2. The number of ether oxygens (including phenoxy) is 2. The van der Waals surface area contributed by atoms with Crippen molar-refractivity contribution in [1.29, 1.82) is 0 Å². The highest BCUT2D eigenvalue weighted by atomic mass is 19.4. The molecule has 0 atom stereocenters. The molecule has 0 amide bonds. The second-order valence-electron chi connectivity index (χ2n) is 8.59. The Morgan fingerprint density at radius 3 is 2.22 bits per heavy atom. The van der Waals surface area contributed by atoms with Crippen LogP contribution in [0.4, 0.5) is 30.8 Å². The van der Waals surface area contributed by atoms with E-state index in [-0.39, 0.29) is 5.82 Å². The average Bonchev–Trinajstić information content (AvgIpc) is 2.93. The molecule has 0 spiro atoms. The molecule has 190 valence electrons. The molecule has 4 heterocycles. The van der Waals surface area contributed by atoms with Gasteiger partial charge in [0.2, 0.25) is 5.95 Å². The monoisotopic (exact) mass is 500 g/mol. The van der Waals surface area contributed by atoms with Crippen LogP contribution < -0.4 is 19.4 Å². The highest BCUT2D eigenvalue weighted by molar-refractivity contribution is 5.66. The van der Waals surface area contributed by atoms with Gasteiger partial charge in [0.1, 0.15) is 17.4 Å². The first-order valence-electron chi connectivity index (χ1n) is 11.8. The maximum Gasteiger partial charge on any atom is 0.419 e. The van der Waals surface area contributed by atoms with Gasteiger partial charge in [-0.15, -0.1) is 0 Å². The molecule has 36 heavy (non-hydrogen) atoms. The summed E-state index contributed by atoms with van der Waals surface area (Å²) in [6, 6.07) is 12.0. The lowest BCUT2D eigenvalue weighted by Gasteiger charge is -2.37. The van der Waals surface area contributed by atoms with Crippen molar-refractivity contribution in [3.8, 4) is 17.0 Å². The Bertz CT molecular complexity index is 1180. The summed E-state index contributed by atoms with van der Waals surface area (Å²) in [5.74, 6) is 2.09. The van der Waals surface area contributed by atoms with Crippen molar-refractivity contribution in [3.63, 3.8) is 0 Å². The molecule has 0 radical (unpaired) electrons. The number of aromatic nitrogens is 3. The molecule has 0 unspecified atom stereocenters. The van der Waals surface area contributed by atoms with Crippen LogP contribution in [0.15, 0.2) is 48.7 Å². The second-order valence-corrected chi connectivity index (χ2v) is 8.59. The fourth-order valence-electron chi connectivity index (χ4n) is 4.42. The van der Waals surface area contributed by atoms with Crippen LogP contribution in [-0.2, 0) is 10.9 Å². The van der Waals surface area contributed by atoms with Gasteiger partial charge in [-0.3, -0.25) is 0 Å². The van der Waals surface area contributed by atoms with Crippen LogP contribution in [0.1, 0.15) is 5.56 Å². The van der Waals surface area contributed by atoms with E-state index in [9.17, 15) is 13.2 Å². The molecule has 0 bridgehead atoms. The van der Waals surface area contributed by atoms with Gasteiger partial charge >= 0.3 is 6.18 Å². The number of hydrogen-bond donors (Lipinski definition) is 0. The topological polar surface area (TPSA) is 66.9 Å². The minimum Gasteiger partial charge on any atom is -0.497 e. The highest BCUT2D eigenvalue weighted by Crippen LogP contribution is 2.36. The Balaban J connectivity index is 1.41. The molecule has 2 aromatic heterocycles. The standard InChI is InChI=1S/C25H27F3N6O2/c1-35-19-6-4-18(5-7-19)21-17-22(31-24(30-21)34-13-15-36-16-14-34)32-9-11-33(12-10-32)23-20(25(26,27)28)3-2-8-29-23/h2-8,17H,9-16H2,1H3. The van der Waals surface area contributed by atoms with Crippen LogP contribution >= 0.6 is 0 Å². The average molecular weight is 501 g/mol. The number of methoxy groups -OCH3 is 1. The van der Waals surface area contributed by atoms with E-state index in [2.05, 4.69) is 14.8 Å². The van der Waals surface area contributed by atoms with Gasteiger partial charge in [0.25, 0.3) is 0 Å². The zero-order valence-electron chi connectivity index (χ0n) is 19.9. The summed E-state index contributed by atoms with van der Waals surface area (Å²) in [6.45, 7) is 4.42. The van der Waals surface area contributed by atoms with E-state index in [0.29, 0.717) is 58.4 Å². The molecule has 2 aliphatic rings. The smallest absolute Gasteiger partial charge is 0.419 e. The minimum absolute atomic E-state index is 0.0275. The number of pyridine rings is 1. The number of morpholine rings is 1. The summed E-state index contributed by atoms with van der Waals surface area (Å²) >= 11 is 0. The summed E-state index contributed by atoms with van der Waals surface area (Å²) in [5, 5.41) is 0. The molecule has 2 aliphatic heterocycles. The number of rotatable bonds is 5. The van der Waals surface area contributed by atoms with Crippen LogP contribution in [0.25, 0.3) is 11.3 Å². The molecule has 5 rings (SSSR count). The van der Waals surface area contributed by atoms with Crippen LogP contribution in [0.2, 0.25) is 0 Å². The lowest BCUT2D eigenvalue weighted by atomic mass is 10.1. The summed E-state index contributed by atoms with van der Waals surface area (Å²) in [5.41, 5.74) is 0.989. The van der Waals surface area contributed by atoms with E-state index in [1.807, 2.05) is 30.3 Å². The third-order valence-electron chi connectivity index (χ3n) is 6.38. The number of anilines is 3. The number of piperazine rings is 1. The summed E-state index contributed by atoms with van der Waals surface area (Å²) in [6.07, 6.45) is -3.05. The molecule has 2 saturated heterocycles. The number of benzene rings is 1. The predicted octanol–water partition coefficient (Wildman–Crippen LogP) is 3.73. The molecule has 2 fully saturated rings. The van der Waals surface area contributed by atoms with Crippen molar-refractivity contribution in [2.24, 2.45) is 0 Å². The molecular formula is C25H27F3N6O2. The van der Waals surface area contributed by atoms with Gasteiger partial charge in [0, 0.05) is 57.1 Å². The molecule has 3 aromatic rings. The van der Waals surface area contributed by atoms with E-state index >= 15 is 0 Å². The number of halogens is 3. The van der Waals surface area contributed by atoms with Gasteiger partial charge in [0.05, 0.1) is 31.6 Å². The first-order chi connectivity index (χ1) is 17.4. The quantitative estimate of drug-likeness (QED) is 0.525. The molecule has 8 nitrogen and oxygen atoms in total. The first-order valence-corrected chi connectivity index (χ1v) is 11.8. The maximum atomic E-state index is 13.5. The van der Waals surface area contributed by atoms with Crippen molar-refractivity contribution in [1.82, 2.24) is 15.0 Å². The van der Waals surface area contributed by atoms with Gasteiger partial charge in [-0.2, -0.15) is 18.2 Å². The van der Waals surface area contributed by atoms with Gasteiger partial charge in [-0.25, -0.2) is 9.97 Å². The molecule has 0 N–H and O–H groups in total. The van der Waals surface area contributed by atoms with E-state index in [4.69, 9.17) is 19.4 Å². The van der Waals surface area contributed by atoms with E-state index in [1.165, 1.54) is 12.3 Å². The first kappa shape index (κ1) is 24.1. The van der Waals surface area contributed by atoms with E-state index in [0.717, 1.165) is 28.9 Å². The predicted molar refractivity (Wildman–Crippen MR) is 131 cm³/mol. The SMILES string of the molecule is COc1ccc(-c2cc(N3CCN(c4ncccc4C(F)(F)F)CC3)nc(N3CCOCC3)n2)cc1. The van der Waals surface area contributed by atoms with Gasteiger partial charge in [0.15, 0.2) is 0 Å².